The summed E-state index contributed by atoms with van der Waals surface area (Å²) in [5.41, 5.74) is -0.281. The van der Waals surface area contributed by atoms with Crippen LogP contribution in [0.2, 0.25) is 5.02 Å². The highest BCUT2D eigenvalue weighted by Crippen LogP contribution is 2.32. The first-order valence-corrected chi connectivity index (χ1v) is 6.33. The summed E-state index contributed by atoms with van der Waals surface area (Å²) in [6.07, 6.45) is -1.12. The fourth-order valence-electron chi connectivity index (χ4n) is 1.18. The Balaban J connectivity index is 2.77. The van der Waals surface area contributed by atoms with Crippen LogP contribution in [0.1, 0.15) is 18.1 Å². The maximum Gasteiger partial charge on any atom is 0.416 e. The summed E-state index contributed by atoms with van der Waals surface area (Å²) in [6.45, 7) is 1.45. The highest BCUT2D eigenvalue weighted by atomic mass is 35.5. The van der Waals surface area contributed by atoms with Crippen LogP contribution in [0.25, 0.3) is 6.08 Å². The van der Waals surface area contributed by atoms with E-state index in [4.69, 9.17) is 11.6 Å². The van der Waals surface area contributed by atoms with Crippen LogP contribution in [0.4, 0.5) is 13.2 Å². The van der Waals surface area contributed by atoms with E-state index in [0.29, 0.717) is 11.3 Å². The van der Waals surface area contributed by atoms with Crippen LogP contribution in [-0.4, -0.2) is 10.9 Å². The first-order valence-electron chi connectivity index (χ1n) is 4.97. The number of hydrogen-bond acceptors (Lipinski definition) is 2. The first kappa shape index (κ1) is 15.1. The number of carbonyl (C=O) groups is 1. The molecule has 18 heavy (non-hydrogen) atoms. The van der Waals surface area contributed by atoms with Crippen molar-refractivity contribution in [2.75, 3.05) is 5.75 Å². The molecule has 0 aliphatic carbocycles. The molecule has 0 unspecified atom stereocenters. The van der Waals surface area contributed by atoms with Crippen LogP contribution < -0.4 is 0 Å². The van der Waals surface area contributed by atoms with Crippen molar-refractivity contribution in [3.05, 3.63) is 40.4 Å². The molecule has 0 N–H and O–H groups in total. The van der Waals surface area contributed by atoms with Crippen molar-refractivity contribution in [3.8, 4) is 0 Å². The van der Waals surface area contributed by atoms with Gasteiger partial charge < -0.3 is 0 Å². The van der Waals surface area contributed by atoms with E-state index in [9.17, 15) is 18.0 Å². The molecule has 0 bridgehead atoms. The van der Waals surface area contributed by atoms with E-state index < -0.39 is 11.7 Å². The number of halogens is 4. The Bertz CT molecular complexity index is 469. The predicted octanol–water partition coefficient (Wildman–Crippen LogP) is 4.65. The zero-order chi connectivity index (χ0) is 13.8. The summed E-state index contributed by atoms with van der Waals surface area (Å²) in [7, 11) is 0. The Morgan fingerprint density at radius 3 is 2.61 bits per heavy atom. The molecule has 0 saturated heterocycles. The van der Waals surface area contributed by atoms with Crippen molar-refractivity contribution >= 4 is 34.6 Å². The Morgan fingerprint density at radius 2 is 2.11 bits per heavy atom. The topological polar surface area (TPSA) is 17.1 Å². The van der Waals surface area contributed by atoms with Gasteiger partial charge in [0.05, 0.1) is 5.56 Å². The second kappa shape index (κ2) is 6.29. The van der Waals surface area contributed by atoms with Crippen LogP contribution in [0, 0.1) is 0 Å². The van der Waals surface area contributed by atoms with E-state index in [1.165, 1.54) is 13.0 Å². The van der Waals surface area contributed by atoms with Gasteiger partial charge in [-0.15, -0.1) is 0 Å². The highest BCUT2D eigenvalue weighted by Gasteiger charge is 2.30. The minimum absolute atomic E-state index is 0.0156. The molecule has 1 rings (SSSR count). The van der Waals surface area contributed by atoms with Crippen molar-refractivity contribution in [1.82, 2.24) is 0 Å². The van der Waals surface area contributed by atoms with Gasteiger partial charge in [0.25, 0.3) is 0 Å². The van der Waals surface area contributed by atoms with Gasteiger partial charge in [0.2, 0.25) is 0 Å². The fourth-order valence-corrected chi connectivity index (χ4v) is 1.85. The van der Waals surface area contributed by atoms with Gasteiger partial charge in [-0.2, -0.15) is 13.2 Å². The molecule has 6 heteroatoms. The molecule has 98 valence electrons. The lowest BCUT2D eigenvalue weighted by molar-refractivity contribution is -0.137. The molecule has 0 aliphatic rings. The summed E-state index contributed by atoms with van der Waals surface area (Å²) >= 11 is 6.87. The average Bonchev–Trinajstić information content (AvgIpc) is 2.24. The van der Waals surface area contributed by atoms with Gasteiger partial charge in [0, 0.05) is 17.7 Å². The van der Waals surface area contributed by atoms with E-state index in [1.807, 2.05) is 0 Å². The predicted molar refractivity (Wildman–Crippen MR) is 68.6 cm³/mol. The highest BCUT2D eigenvalue weighted by molar-refractivity contribution is 8.13. The van der Waals surface area contributed by atoms with Crippen molar-refractivity contribution < 1.29 is 18.0 Å². The molecule has 1 aromatic carbocycles. The largest absolute Gasteiger partial charge is 0.416 e. The number of alkyl halides is 3. The Labute approximate surface area is 112 Å². The summed E-state index contributed by atoms with van der Waals surface area (Å²) < 4.78 is 37.1. The summed E-state index contributed by atoms with van der Waals surface area (Å²) in [4.78, 5) is 10.7. The molecule has 0 radical (unpaired) electrons. The third kappa shape index (κ3) is 4.74. The van der Waals surface area contributed by atoms with Gasteiger partial charge in [-0.25, -0.2) is 0 Å². The molecular weight excluding hydrogens is 285 g/mol. The molecule has 0 fully saturated rings. The molecule has 0 aliphatic heterocycles. The van der Waals surface area contributed by atoms with Crippen LogP contribution >= 0.6 is 23.4 Å². The van der Waals surface area contributed by atoms with Gasteiger partial charge in [-0.05, 0) is 17.7 Å². The average molecular weight is 295 g/mol. The van der Waals surface area contributed by atoms with E-state index in [-0.39, 0.29) is 10.1 Å². The van der Waals surface area contributed by atoms with Crippen LogP contribution in [0.3, 0.4) is 0 Å². The van der Waals surface area contributed by atoms with Crippen molar-refractivity contribution in [2.24, 2.45) is 0 Å². The number of benzene rings is 1. The normalized spacial score (nSPS) is 12.1. The van der Waals surface area contributed by atoms with Crippen molar-refractivity contribution in [2.45, 2.75) is 13.1 Å². The molecule has 0 saturated carbocycles. The van der Waals surface area contributed by atoms with Crippen molar-refractivity contribution in [3.63, 3.8) is 0 Å². The van der Waals surface area contributed by atoms with Crippen molar-refractivity contribution in [1.29, 1.82) is 0 Å². The third-order valence-electron chi connectivity index (χ3n) is 2.01. The number of carbonyl (C=O) groups excluding carboxylic acids is 1. The summed E-state index contributed by atoms with van der Waals surface area (Å²) in [6, 6.07) is 3.17. The SMILES string of the molecule is CC(=O)SCC=Cc1ccc(C(F)(F)F)cc1Cl. The lowest BCUT2D eigenvalue weighted by Crippen LogP contribution is -2.04. The van der Waals surface area contributed by atoms with E-state index in [0.717, 1.165) is 23.9 Å². The number of rotatable bonds is 3. The minimum atomic E-state index is -4.39. The standard InChI is InChI=1S/C12H10ClF3OS/c1-8(17)18-6-2-3-9-4-5-10(7-11(9)13)12(14,15)16/h2-5,7H,6H2,1H3. The first-order chi connectivity index (χ1) is 8.30. The van der Waals surface area contributed by atoms with E-state index in [2.05, 4.69) is 0 Å². The summed E-state index contributed by atoms with van der Waals surface area (Å²) in [5.74, 6) is 0.465. The van der Waals surface area contributed by atoms with Gasteiger partial charge >= 0.3 is 6.18 Å². The third-order valence-corrected chi connectivity index (χ3v) is 3.10. The Hall–Kier alpha value is -0.940. The van der Waals surface area contributed by atoms with Crippen LogP contribution in [-0.2, 0) is 11.0 Å². The van der Waals surface area contributed by atoms with E-state index >= 15 is 0 Å². The molecular formula is C12H10ClF3OS. The maximum absolute atomic E-state index is 12.4. The molecule has 0 heterocycles. The summed E-state index contributed by atoms with van der Waals surface area (Å²) in [5, 5.41) is 0.0204. The van der Waals surface area contributed by atoms with Gasteiger partial charge in [-0.1, -0.05) is 41.6 Å². The smallest absolute Gasteiger partial charge is 0.288 e. The lowest BCUT2D eigenvalue weighted by Gasteiger charge is -2.07. The monoisotopic (exact) mass is 294 g/mol. The maximum atomic E-state index is 12.4. The number of thioether (sulfide) groups is 1. The second-order valence-corrected chi connectivity index (χ2v) is 5.04. The van der Waals surface area contributed by atoms with Gasteiger partial charge in [0.1, 0.15) is 0 Å². The second-order valence-electron chi connectivity index (χ2n) is 3.44. The quantitative estimate of drug-likeness (QED) is 0.807. The molecule has 0 spiro atoms. The zero-order valence-electron chi connectivity index (χ0n) is 9.42. The molecule has 1 aromatic rings. The molecule has 0 aromatic heterocycles. The van der Waals surface area contributed by atoms with Gasteiger partial charge in [0.15, 0.2) is 5.12 Å². The molecule has 0 atom stereocenters. The number of hydrogen-bond donors (Lipinski definition) is 0. The van der Waals surface area contributed by atoms with Gasteiger partial charge in [-0.3, -0.25) is 4.79 Å². The molecule has 1 nitrogen and oxygen atoms in total. The zero-order valence-corrected chi connectivity index (χ0v) is 11.0. The van der Waals surface area contributed by atoms with Crippen LogP contribution in [0.15, 0.2) is 24.3 Å². The minimum Gasteiger partial charge on any atom is -0.288 e. The lowest BCUT2D eigenvalue weighted by atomic mass is 10.1. The Morgan fingerprint density at radius 1 is 1.44 bits per heavy atom. The molecule has 0 amide bonds. The van der Waals surface area contributed by atoms with Crippen LogP contribution in [0.5, 0.6) is 0 Å². The fraction of sp³-hybridized carbons (Fsp3) is 0.250. The van der Waals surface area contributed by atoms with E-state index in [1.54, 1.807) is 12.2 Å². The Kier molecular flexibility index (Phi) is 5.28.